The lowest BCUT2D eigenvalue weighted by Crippen LogP contribution is -2.32. The van der Waals surface area contributed by atoms with Crippen molar-refractivity contribution in [2.75, 3.05) is 19.6 Å². The van der Waals surface area contributed by atoms with Crippen LogP contribution >= 0.6 is 0 Å². The quantitative estimate of drug-likeness (QED) is 0.714. The van der Waals surface area contributed by atoms with E-state index in [1.807, 2.05) is 59.6 Å². The van der Waals surface area contributed by atoms with Gasteiger partial charge in [0.1, 0.15) is 0 Å². The van der Waals surface area contributed by atoms with Crippen molar-refractivity contribution < 1.29 is 4.79 Å². The molecule has 4 nitrogen and oxygen atoms in total. The SMILES string of the molecule is O=C(c1ccccc1)N1CC[C@H](CN[C@H](c2ccccc2)c2ccccn2)C1. The van der Waals surface area contributed by atoms with Crippen LogP contribution in [-0.2, 0) is 0 Å². The molecular weight excluding hydrogens is 346 g/mol. The number of hydrogen-bond donors (Lipinski definition) is 1. The molecule has 0 aliphatic carbocycles. The summed E-state index contributed by atoms with van der Waals surface area (Å²) in [4.78, 5) is 19.2. The first-order chi connectivity index (χ1) is 13.8. The summed E-state index contributed by atoms with van der Waals surface area (Å²) in [6, 6.07) is 26.0. The summed E-state index contributed by atoms with van der Waals surface area (Å²) in [6.45, 7) is 2.47. The smallest absolute Gasteiger partial charge is 0.253 e. The van der Waals surface area contributed by atoms with Gasteiger partial charge in [0.25, 0.3) is 5.91 Å². The molecule has 1 aliphatic rings. The molecule has 2 atom stereocenters. The molecule has 3 aromatic rings. The van der Waals surface area contributed by atoms with E-state index in [-0.39, 0.29) is 11.9 Å². The van der Waals surface area contributed by atoms with Crippen LogP contribution in [0.5, 0.6) is 0 Å². The van der Waals surface area contributed by atoms with Gasteiger partial charge in [-0.25, -0.2) is 0 Å². The van der Waals surface area contributed by atoms with Crippen molar-refractivity contribution in [2.24, 2.45) is 5.92 Å². The Morgan fingerprint density at radius 1 is 1.00 bits per heavy atom. The number of likely N-dealkylation sites (tertiary alicyclic amines) is 1. The van der Waals surface area contributed by atoms with Gasteiger partial charge in [0, 0.05) is 31.4 Å². The summed E-state index contributed by atoms with van der Waals surface area (Å²) in [5.74, 6) is 0.579. The molecule has 1 saturated heterocycles. The highest BCUT2D eigenvalue weighted by Gasteiger charge is 2.27. The zero-order valence-electron chi connectivity index (χ0n) is 15.9. The second kappa shape index (κ2) is 8.81. The topological polar surface area (TPSA) is 45.2 Å². The average Bonchev–Trinajstić information content (AvgIpc) is 3.24. The van der Waals surface area contributed by atoms with Crippen LogP contribution in [0.15, 0.2) is 85.1 Å². The Kier molecular flexibility index (Phi) is 5.78. The molecule has 2 heterocycles. The minimum absolute atomic E-state index is 0.0567. The van der Waals surface area contributed by atoms with Gasteiger partial charge in [0.05, 0.1) is 11.7 Å². The maximum Gasteiger partial charge on any atom is 0.253 e. The molecular formula is C24H25N3O. The van der Waals surface area contributed by atoms with Crippen molar-refractivity contribution in [1.29, 1.82) is 0 Å². The third-order valence-electron chi connectivity index (χ3n) is 5.32. The van der Waals surface area contributed by atoms with E-state index < -0.39 is 0 Å². The summed E-state index contributed by atoms with van der Waals surface area (Å²) in [5.41, 5.74) is 2.99. The number of aromatic nitrogens is 1. The number of rotatable bonds is 6. The zero-order valence-corrected chi connectivity index (χ0v) is 15.9. The normalized spacial score (nSPS) is 17.4. The van der Waals surface area contributed by atoms with Crippen LogP contribution in [0.4, 0.5) is 0 Å². The number of benzene rings is 2. The molecule has 28 heavy (non-hydrogen) atoms. The van der Waals surface area contributed by atoms with E-state index in [9.17, 15) is 4.79 Å². The third-order valence-corrected chi connectivity index (χ3v) is 5.32. The van der Waals surface area contributed by atoms with Crippen molar-refractivity contribution in [3.05, 3.63) is 102 Å². The Morgan fingerprint density at radius 2 is 1.71 bits per heavy atom. The number of hydrogen-bond acceptors (Lipinski definition) is 3. The monoisotopic (exact) mass is 371 g/mol. The molecule has 4 heteroatoms. The molecule has 1 N–H and O–H groups in total. The lowest BCUT2D eigenvalue weighted by molar-refractivity contribution is 0.0787. The second-order valence-electron chi connectivity index (χ2n) is 7.28. The first kappa shape index (κ1) is 18.4. The lowest BCUT2D eigenvalue weighted by atomic mass is 10.0. The number of nitrogens with one attached hydrogen (secondary N) is 1. The van der Waals surface area contributed by atoms with Gasteiger partial charge in [-0.3, -0.25) is 9.78 Å². The van der Waals surface area contributed by atoms with Gasteiger partial charge in [-0.2, -0.15) is 0 Å². The van der Waals surface area contributed by atoms with Crippen LogP contribution in [0.1, 0.15) is 34.1 Å². The van der Waals surface area contributed by atoms with Crippen molar-refractivity contribution in [3.63, 3.8) is 0 Å². The summed E-state index contributed by atoms with van der Waals surface area (Å²) in [7, 11) is 0. The fourth-order valence-electron chi connectivity index (χ4n) is 3.82. The van der Waals surface area contributed by atoms with Crippen LogP contribution in [0.3, 0.4) is 0 Å². The Labute approximate surface area is 166 Å². The van der Waals surface area contributed by atoms with Crippen molar-refractivity contribution >= 4 is 5.91 Å². The van der Waals surface area contributed by atoms with Gasteiger partial charge < -0.3 is 10.2 Å². The fraction of sp³-hybridized carbons (Fsp3) is 0.250. The molecule has 0 bridgehead atoms. The Morgan fingerprint density at radius 3 is 2.43 bits per heavy atom. The van der Waals surface area contributed by atoms with Crippen molar-refractivity contribution in [1.82, 2.24) is 15.2 Å². The maximum absolute atomic E-state index is 12.7. The van der Waals surface area contributed by atoms with E-state index in [0.29, 0.717) is 5.92 Å². The summed E-state index contributed by atoms with van der Waals surface area (Å²) in [5, 5.41) is 3.69. The minimum Gasteiger partial charge on any atom is -0.338 e. The van der Waals surface area contributed by atoms with Gasteiger partial charge in [-0.1, -0.05) is 54.6 Å². The molecule has 1 aliphatic heterocycles. The molecule has 1 fully saturated rings. The van der Waals surface area contributed by atoms with Crippen molar-refractivity contribution in [2.45, 2.75) is 12.5 Å². The van der Waals surface area contributed by atoms with E-state index in [1.54, 1.807) is 0 Å². The fourth-order valence-corrected chi connectivity index (χ4v) is 3.82. The van der Waals surface area contributed by atoms with E-state index in [0.717, 1.165) is 37.3 Å². The molecule has 142 valence electrons. The number of pyridine rings is 1. The highest BCUT2D eigenvalue weighted by atomic mass is 16.2. The second-order valence-corrected chi connectivity index (χ2v) is 7.28. The highest BCUT2D eigenvalue weighted by molar-refractivity contribution is 5.94. The minimum atomic E-state index is 0.0567. The van der Waals surface area contributed by atoms with Gasteiger partial charge in [0.2, 0.25) is 0 Å². The summed E-state index contributed by atoms with van der Waals surface area (Å²) in [6.07, 6.45) is 2.86. The number of amides is 1. The van der Waals surface area contributed by atoms with Crippen LogP contribution in [0.2, 0.25) is 0 Å². The van der Waals surface area contributed by atoms with Gasteiger partial charge in [-0.05, 0) is 42.2 Å². The first-order valence-corrected chi connectivity index (χ1v) is 9.85. The van der Waals surface area contributed by atoms with Crippen LogP contribution in [0, 0.1) is 5.92 Å². The maximum atomic E-state index is 12.7. The molecule has 0 spiro atoms. The van der Waals surface area contributed by atoms with Gasteiger partial charge in [0.15, 0.2) is 0 Å². The molecule has 1 aromatic heterocycles. The summed E-state index contributed by atoms with van der Waals surface area (Å²) < 4.78 is 0. The Balaban J connectivity index is 1.40. The molecule has 0 unspecified atom stereocenters. The number of nitrogens with zero attached hydrogens (tertiary/aromatic N) is 2. The summed E-state index contributed by atoms with van der Waals surface area (Å²) >= 11 is 0. The standard InChI is InChI=1S/C24H25N3O/c28-24(21-11-5-2-6-12-21)27-16-14-19(18-27)17-26-23(20-9-3-1-4-10-20)22-13-7-8-15-25-22/h1-13,15,19,23,26H,14,16-18H2/t19-,23-/m1/s1. The van der Waals surface area contributed by atoms with E-state index in [2.05, 4.69) is 40.6 Å². The molecule has 4 rings (SSSR count). The molecule has 1 amide bonds. The van der Waals surface area contributed by atoms with E-state index >= 15 is 0 Å². The third kappa shape index (κ3) is 4.29. The van der Waals surface area contributed by atoms with Crippen LogP contribution < -0.4 is 5.32 Å². The first-order valence-electron chi connectivity index (χ1n) is 9.85. The van der Waals surface area contributed by atoms with Crippen LogP contribution in [-0.4, -0.2) is 35.4 Å². The molecule has 0 radical (unpaired) electrons. The van der Waals surface area contributed by atoms with E-state index in [4.69, 9.17) is 0 Å². The van der Waals surface area contributed by atoms with E-state index in [1.165, 1.54) is 5.56 Å². The molecule has 0 saturated carbocycles. The number of carbonyl (C=O) groups excluding carboxylic acids is 1. The number of carbonyl (C=O) groups is 1. The lowest BCUT2D eigenvalue weighted by Gasteiger charge is -2.22. The highest BCUT2D eigenvalue weighted by Crippen LogP contribution is 2.23. The average molecular weight is 371 g/mol. The van der Waals surface area contributed by atoms with Gasteiger partial charge >= 0.3 is 0 Å². The van der Waals surface area contributed by atoms with Crippen LogP contribution in [0.25, 0.3) is 0 Å². The van der Waals surface area contributed by atoms with Crippen molar-refractivity contribution in [3.8, 4) is 0 Å². The predicted molar refractivity (Wildman–Crippen MR) is 111 cm³/mol. The largest absolute Gasteiger partial charge is 0.338 e. The zero-order chi connectivity index (χ0) is 19.2. The van der Waals surface area contributed by atoms with Gasteiger partial charge in [-0.15, -0.1) is 0 Å². The predicted octanol–water partition coefficient (Wildman–Crippen LogP) is 3.92. The molecule has 2 aromatic carbocycles. The Bertz CT molecular complexity index is 844. The Hall–Kier alpha value is -2.98.